The van der Waals surface area contributed by atoms with Crippen LogP contribution in [0.1, 0.15) is 51.9 Å². The molecular weight excluding hydrogens is 388 g/mol. The molecule has 140 valence electrons. The minimum Gasteiger partial charge on any atom is -0.456 e. The monoisotopic (exact) mass is 414 g/mol. The Labute approximate surface area is 156 Å². The highest BCUT2D eigenvalue weighted by atomic mass is 79.9. The molecule has 0 aliphatic heterocycles. The second-order valence-electron chi connectivity index (χ2n) is 8.18. The van der Waals surface area contributed by atoms with Gasteiger partial charge in [0.05, 0.1) is 13.0 Å². The number of carbonyl (C=O) groups excluding carboxylic acids is 3. The zero-order valence-electron chi connectivity index (χ0n) is 14.7. The number of halogens is 1. The maximum Gasteiger partial charge on any atom is 0.306 e. The van der Waals surface area contributed by atoms with Crippen LogP contribution < -0.4 is 10.6 Å². The van der Waals surface area contributed by atoms with Gasteiger partial charge >= 0.3 is 5.97 Å². The first-order chi connectivity index (χ1) is 11.8. The van der Waals surface area contributed by atoms with Crippen molar-refractivity contribution in [1.82, 2.24) is 10.6 Å². The van der Waals surface area contributed by atoms with Gasteiger partial charge in [-0.05, 0) is 62.7 Å². The van der Waals surface area contributed by atoms with E-state index in [0.29, 0.717) is 24.8 Å². The van der Waals surface area contributed by atoms with E-state index in [-0.39, 0.29) is 34.8 Å². The Morgan fingerprint density at radius 2 is 1.76 bits per heavy atom. The summed E-state index contributed by atoms with van der Waals surface area (Å²) in [7, 11) is 0. The van der Waals surface area contributed by atoms with Gasteiger partial charge in [0.1, 0.15) is 0 Å². The van der Waals surface area contributed by atoms with Crippen molar-refractivity contribution < 1.29 is 19.1 Å². The van der Waals surface area contributed by atoms with Crippen molar-refractivity contribution in [3.63, 3.8) is 0 Å². The predicted molar refractivity (Wildman–Crippen MR) is 96.0 cm³/mol. The molecule has 2 N–H and O–H groups in total. The number of carbonyl (C=O) groups is 3. The van der Waals surface area contributed by atoms with Crippen LogP contribution in [0.5, 0.6) is 0 Å². The largest absolute Gasteiger partial charge is 0.456 e. The normalized spacial score (nSPS) is 35.3. The third-order valence-corrected chi connectivity index (χ3v) is 6.74. The summed E-state index contributed by atoms with van der Waals surface area (Å²) >= 11 is 3.94. The van der Waals surface area contributed by atoms with Crippen molar-refractivity contribution in [2.45, 2.75) is 56.2 Å². The van der Waals surface area contributed by atoms with Gasteiger partial charge in [-0.3, -0.25) is 14.4 Å². The molecule has 4 rings (SSSR count). The van der Waals surface area contributed by atoms with Crippen LogP contribution in [-0.4, -0.2) is 41.8 Å². The fourth-order valence-corrected chi connectivity index (χ4v) is 7.05. The lowest BCUT2D eigenvalue weighted by atomic mass is 9.49. The SMILES string of the molecule is CCNC(=O)CNC(=O)COC(=O)CC12C[C@@H]3C[C@@H](CC(Br)(C3)C1)C2. The van der Waals surface area contributed by atoms with E-state index in [0.717, 1.165) is 19.3 Å². The lowest BCUT2D eigenvalue weighted by molar-refractivity contribution is -0.154. The molecule has 2 unspecified atom stereocenters. The smallest absolute Gasteiger partial charge is 0.306 e. The Kier molecular flexibility index (Phi) is 5.42. The van der Waals surface area contributed by atoms with Gasteiger partial charge in [-0.2, -0.15) is 0 Å². The van der Waals surface area contributed by atoms with E-state index in [1.165, 1.54) is 19.3 Å². The van der Waals surface area contributed by atoms with Gasteiger partial charge < -0.3 is 15.4 Å². The summed E-state index contributed by atoms with van der Waals surface area (Å²) in [6.45, 7) is 1.91. The van der Waals surface area contributed by atoms with Crippen molar-refractivity contribution in [1.29, 1.82) is 0 Å². The first-order valence-electron chi connectivity index (χ1n) is 9.19. The van der Waals surface area contributed by atoms with E-state index in [1.807, 2.05) is 6.92 Å². The van der Waals surface area contributed by atoms with Crippen molar-refractivity contribution in [2.24, 2.45) is 17.3 Å². The summed E-state index contributed by atoms with van der Waals surface area (Å²) in [6.07, 6.45) is 7.39. The first kappa shape index (κ1) is 18.7. The Morgan fingerprint density at radius 1 is 1.08 bits per heavy atom. The minimum atomic E-state index is -0.443. The van der Waals surface area contributed by atoms with Gasteiger partial charge in [-0.25, -0.2) is 0 Å². The van der Waals surface area contributed by atoms with Crippen LogP contribution in [0.4, 0.5) is 0 Å². The van der Waals surface area contributed by atoms with Gasteiger partial charge in [0.25, 0.3) is 5.91 Å². The van der Waals surface area contributed by atoms with Crippen LogP contribution in [0.3, 0.4) is 0 Å². The van der Waals surface area contributed by atoms with Gasteiger partial charge in [0, 0.05) is 10.9 Å². The summed E-state index contributed by atoms with van der Waals surface area (Å²) in [5.74, 6) is 0.439. The van der Waals surface area contributed by atoms with Crippen LogP contribution in [0, 0.1) is 17.3 Å². The van der Waals surface area contributed by atoms with Crippen LogP contribution in [0.25, 0.3) is 0 Å². The average molecular weight is 415 g/mol. The molecule has 0 heterocycles. The van der Waals surface area contributed by atoms with E-state index in [1.54, 1.807) is 0 Å². The third kappa shape index (κ3) is 4.54. The maximum absolute atomic E-state index is 12.3. The Bertz CT molecular complexity index is 551. The zero-order chi connectivity index (χ0) is 18.1. The predicted octanol–water partition coefficient (Wildman–Crippen LogP) is 1.91. The lowest BCUT2D eigenvalue weighted by Gasteiger charge is -2.60. The number of nitrogens with one attached hydrogen (secondary N) is 2. The molecule has 4 bridgehead atoms. The van der Waals surface area contributed by atoms with Crippen molar-refractivity contribution >= 4 is 33.7 Å². The molecule has 0 spiro atoms. The van der Waals surface area contributed by atoms with Gasteiger partial charge in [-0.1, -0.05) is 15.9 Å². The lowest BCUT2D eigenvalue weighted by Crippen LogP contribution is -2.53. The first-order valence-corrected chi connectivity index (χ1v) is 9.99. The van der Waals surface area contributed by atoms with Gasteiger partial charge in [-0.15, -0.1) is 0 Å². The van der Waals surface area contributed by atoms with Gasteiger partial charge in [0.2, 0.25) is 5.91 Å². The van der Waals surface area contributed by atoms with Crippen molar-refractivity contribution in [2.75, 3.05) is 19.7 Å². The van der Waals surface area contributed by atoms with E-state index >= 15 is 0 Å². The molecule has 2 amide bonds. The molecule has 0 aromatic rings. The molecule has 6 nitrogen and oxygen atoms in total. The Balaban J connectivity index is 1.44. The number of alkyl halides is 1. The molecule has 4 fully saturated rings. The topological polar surface area (TPSA) is 84.5 Å². The molecule has 0 radical (unpaired) electrons. The zero-order valence-corrected chi connectivity index (χ0v) is 16.3. The van der Waals surface area contributed by atoms with E-state index in [9.17, 15) is 14.4 Å². The number of hydrogen-bond acceptors (Lipinski definition) is 4. The highest BCUT2D eigenvalue weighted by Gasteiger charge is 2.57. The second kappa shape index (κ2) is 7.25. The highest BCUT2D eigenvalue weighted by molar-refractivity contribution is 9.10. The number of likely N-dealkylation sites (N-methyl/N-ethyl adjacent to an activating group) is 1. The molecule has 4 saturated carbocycles. The third-order valence-electron chi connectivity index (χ3n) is 5.81. The quantitative estimate of drug-likeness (QED) is 0.492. The molecule has 4 aliphatic rings. The maximum atomic E-state index is 12.3. The molecule has 4 atom stereocenters. The summed E-state index contributed by atoms with van der Waals surface area (Å²) in [4.78, 5) is 35.3. The second-order valence-corrected chi connectivity index (χ2v) is 9.86. The fraction of sp³-hybridized carbons (Fsp3) is 0.833. The van der Waals surface area contributed by atoms with Crippen molar-refractivity contribution in [3.8, 4) is 0 Å². The summed E-state index contributed by atoms with van der Waals surface area (Å²) in [6, 6.07) is 0. The molecular formula is C18H27BrN2O4. The van der Waals surface area contributed by atoms with E-state index < -0.39 is 5.91 Å². The average Bonchev–Trinajstić information content (AvgIpc) is 2.48. The van der Waals surface area contributed by atoms with Crippen LogP contribution in [0.15, 0.2) is 0 Å². The van der Waals surface area contributed by atoms with Gasteiger partial charge in [0.15, 0.2) is 6.61 Å². The molecule has 25 heavy (non-hydrogen) atoms. The molecule has 7 heteroatoms. The molecule has 0 aromatic carbocycles. The number of esters is 1. The highest BCUT2D eigenvalue weighted by Crippen LogP contribution is 2.65. The van der Waals surface area contributed by atoms with Crippen LogP contribution in [-0.2, 0) is 19.1 Å². The van der Waals surface area contributed by atoms with E-state index in [2.05, 4.69) is 26.6 Å². The Morgan fingerprint density at radius 3 is 2.36 bits per heavy atom. The standard InChI is InChI=1S/C18H27BrN2O4/c1-2-20-14(22)9-21-15(23)10-25-16(24)8-17-4-12-3-13(5-17)7-18(19,6-12)11-17/h12-13H,2-11H2,1H3,(H,20,22)(H,21,23)/t12-,13+,17?,18?. The minimum absolute atomic E-state index is 0.0438. The molecule has 0 aromatic heterocycles. The summed E-state index contributed by atoms with van der Waals surface area (Å²) in [5, 5.41) is 5.04. The number of ether oxygens (including phenoxy) is 1. The number of hydrogen-bond donors (Lipinski definition) is 2. The van der Waals surface area contributed by atoms with Crippen molar-refractivity contribution in [3.05, 3.63) is 0 Å². The van der Waals surface area contributed by atoms with Crippen LogP contribution in [0.2, 0.25) is 0 Å². The summed E-state index contributed by atoms with van der Waals surface area (Å²) < 4.78 is 5.38. The number of rotatable bonds is 7. The number of amides is 2. The molecule has 4 aliphatic carbocycles. The van der Waals surface area contributed by atoms with E-state index in [4.69, 9.17) is 4.74 Å². The molecule has 0 saturated heterocycles. The summed E-state index contributed by atoms with van der Waals surface area (Å²) in [5.41, 5.74) is 0.0438. The fourth-order valence-electron chi connectivity index (χ4n) is 5.54. The van der Waals surface area contributed by atoms with Crippen LogP contribution >= 0.6 is 15.9 Å². The Hall–Kier alpha value is -1.11.